The Kier molecular flexibility index (Phi) is 27.4. The van der Waals surface area contributed by atoms with Crippen LogP contribution in [0.3, 0.4) is 0 Å². The average molecular weight is 449 g/mol. The van der Waals surface area contributed by atoms with Crippen molar-refractivity contribution in [1.29, 1.82) is 0 Å². The van der Waals surface area contributed by atoms with Gasteiger partial charge in [-0.25, -0.2) is 0 Å². The number of ketones is 1. The Morgan fingerprint density at radius 1 is 0.867 bits per heavy atom. The van der Waals surface area contributed by atoms with E-state index in [1.54, 1.807) is 6.08 Å². The van der Waals surface area contributed by atoms with Gasteiger partial charge in [-0.15, -0.1) is 6.58 Å². The maximum atomic E-state index is 11.8. The fraction of sp³-hybridized carbons (Fsp3) is 0.750. The van der Waals surface area contributed by atoms with E-state index >= 15 is 0 Å². The summed E-state index contributed by atoms with van der Waals surface area (Å²) < 4.78 is 11.2. The van der Waals surface area contributed by atoms with Crippen LogP contribution in [0.2, 0.25) is 0 Å². The quantitative estimate of drug-likeness (QED) is 0.108. The van der Waals surface area contributed by atoms with Gasteiger partial charge in [-0.3, -0.25) is 4.79 Å². The predicted octanol–water partition coefficient (Wildman–Crippen LogP) is 1.40. The Hall–Kier alpha value is 0.176. The average Bonchev–Trinajstić information content (AvgIpc) is 2.69. The summed E-state index contributed by atoms with van der Waals surface area (Å²) in [6.07, 6.45) is 17.9. The van der Waals surface area contributed by atoms with E-state index in [1.165, 1.54) is 64.2 Å². The largest absolute Gasteiger partial charge is 1.00 e. The summed E-state index contributed by atoms with van der Waals surface area (Å²) >= 11 is 0. The van der Waals surface area contributed by atoms with Crippen LogP contribution in [0.25, 0.3) is 0 Å². The van der Waals surface area contributed by atoms with E-state index < -0.39 is 5.97 Å². The van der Waals surface area contributed by atoms with Crippen molar-refractivity contribution in [2.45, 2.75) is 84.0 Å². The number of allylic oxidation sites excluding steroid dienone is 1. The zero-order valence-corrected chi connectivity index (χ0v) is 22.5. The molecule has 1 unspecified atom stereocenters. The third kappa shape index (κ3) is 24.4. The number of rotatable bonds is 22. The number of hydrogen-bond donors (Lipinski definition) is 0. The molecule has 0 aromatic heterocycles. The number of carboxylic acids is 1. The van der Waals surface area contributed by atoms with Crippen LogP contribution in [0.1, 0.15) is 84.0 Å². The minimum absolute atomic E-state index is 0. The summed E-state index contributed by atoms with van der Waals surface area (Å²) in [7, 11) is 0. The van der Waals surface area contributed by atoms with Crippen molar-refractivity contribution >= 4 is 11.8 Å². The van der Waals surface area contributed by atoms with Crippen molar-refractivity contribution in [3.63, 3.8) is 0 Å². The molecule has 0 N–H and O–H groups in total. The molecule has 0 aromatic carbocycles. The molecule has 30 heavy (non-hydrogen) atoms. The van der Waals surface area contributed by atoms with Crippen LogP contribution in [0.15, 0.2) is 24.8 Å². The van der Waals surface area contributed by atoms with Crippen molar-refractivity contribution in [2.24, 2.45) is 5.92 Å². The van der Waals surface area contributed by atoms with Crippen molar-refractivity contribution in [2.75, 3.05) is 26.4 Å². The van der Waals surface area contributed by atoms with Gasteiger partial charge in [-0.2, -0.15) is 0 Å². The first kappa shape index (κ1) is 32.4. The van der Waals surface area contributed by atoms with Crippen molar-refractivity contribution in [3.8, 4) is 0 Å². The number of hydrogen-bond acceptors (Lipinski definition) is 5. The van der Waals surface area contributed by atoms with Gasteiger partial charge in [0, 0.05) is 18.9 Å². The maximum Gasteiger partial charge on any atom is 1.00 e. The third-order valence-electron chi connectivity index (χ3n) is 4.73. The first-order valence-electron chi connectivity index (χ1n) is 11.3. The molecule has 5 nitrogen and oxygen atoms in total. The molecule has 0 amide bonds. The number of aliphatic carboxylic acids is 1. The molecule has 0 radical (unpaired) electrons. The summed E-state index contributed by atoms with van der Waals surface area (Å²) in [5.74, 6) is -1.73. The molecule has 0 aliphatic heterocycles. The topological polar surface area (TPSA) is 75.7 Å². The fourth-order valence-corrected chi connectivity index (χ4v) is 3.12. The number of unbranched alkanes of at least 4 members (excludes halogenated alkanes) is 10. The standard InChI is InChI=1S/C24H42O5.K/c1-3-5-6-7-8-9-10-11-12-13-14-18-29-21-22(20-28-17-4-2)19-23(25)15-16-24(26)27;/h4,15-16,22H,2-3,5-14,17-21H2,1H3,(H,26,27);/q;+1/p-1/b16-15+;. The number of ether oxygens (including phenoxy) is 2. The second-order valence-corrected chi connectivity index (χ2v) is 7.63. The molecular weight excluding hydrogens is 407 g/mol. The van der Waals surface area contributed by atoms with E-state index in [2.05, 4.69) is 13.5 Å². The van der Waals surface area contributed by atoms with E-state index in [9.17, 15) is 14.7 Å². The molecule has 0 bridgehead atoms. The van der Waals surface area contributed by atoms with Gasteiger partial charge in [-0.05, 0) is 18.6 Å². The van der Waals surface area contributed by atoms with E-state index in [1.807, 2.05) is 0 Å². The third-order valence-corrected chi connectivity index (χ3v) is 4.73. The predicted molar refractivity (Wildman–Crippen MR) is 116 cm³/mol. The zero-order chi connectivity index (χ0) is 21.6. The first-order valence-corrected chi connectivity index (χ1v) is 11.3. The van der Waals surface area contributed by atoms with Gasteiger partial charge < -0.3 is 19.4 Å². The molecule has 0 spiro atoms. The molecule has 6 heteroatoms. The maximum absolute atomic E-state index is 11.8. The SMILES string of the molecule is C=CCOCC(COCCCCCCCCCCCCC)CC(=O)/C=C/C(=O)[O-].[K+]. The van der Waals surface area contributed by atoms with Crippen LogP contribution in [0.4, 0.5) is 0 Å². The Bertz CT molecular complexity index is 451. The van der Waals surface area contributed by atoms with E-state index in [4.69, 9.17) is 9.47 Å². The Morgan fingerprint density at radius 3 is 1.93 bits per heavy atom. The number of carbonyl (C=O) groups is 2. The second kappa shape index (κ2) is 25.4. The summed E-state index contributed by atoms with van der Waals surface area (Å²) in [4.78, 5) is 22.2. The normalized spacial score (nSPS) is 11.9. The first-order chi connectivity index (χ1) is 14.1. The summed E-state index contributed by atoms with van der Waals surface area (Å²) in [5, 5.41) is 10.4. The van der Waals surface area contributed by atoms with Gasteiger partial charge in [0.1, 0.15) is 0 Å². The minimum atomic E-state index is -1.37. The van der Waals surface area contributed by atoms with E-state index in [0.717, 1.165) is 18.6 Å². The van der Waals surface area contributed by atoms with Crippen molar-refractivity contribution in [3.05, 3.63) is 24.8 Å². The van der Waals surface area contributed by atoms with Crippen LogP contribution in [0.5, 0.6) is 0 Å². The number of carbonyl (C=O) groups excluding carboxylic acids is 2. The van der Waals surface area contributed by atoms with Crippen molar-refractivity contribution in [1.82, 2.24) is 0 Å². The van der Waals surface area contributed by atoms with Crippen LogP contribution in [-0.4, -0.2) is 38.2 Å². The summed E-state index contributed by atoms with van der Waals surface area (Å²) in [6, 6.07) is 0. The van der Waals surface area contributed by atoms with Gasteiger partial charge in [0.2, 0.25) is 0 Å². The molecule has 0 aromatic rings. The van der Waals surface area contributed by atoms with Crippen LogP contribution < -0.4 is 56.5 Å². The molecule has 0 fully saturated rings. The van der Waals surface area contributed by atoms with Gasteiger partial charge in [-0.1, -0.05) is 77.2 Å². The van der Waals surface area contributed by atoms with Crippen LogP contribution >= 0.6 is 0 Å². The molecular formula is C24H41KO5. The Morgan fingerprint density at radius 2 is 1.40 bits per heavy atom. The minimum Gasteiger partial charge on any atom is -0.545 e. The molecule has 0 rings (SSSR count). The van der Waals surface area contributed by atoms with Crippen LogP contribution in [0, 0.1) is 5.92 Å². The summed E-state index contributed by atoms with van der Waals surface area (Å²) in [5.41, 5.74) is 0. The fourth-order valence-electron chi connectivity index (χ4n) is 3.12. The van der Waals surface area contributed by atoms with Crippen LogP contribution in [-0.2, 0) is 19.1 Å². The van der Waals surface area contributed by atoms with E-state index in [0.29, 0.717) is 26.4 Å². The molecule has 0 aliphatic carbocycles. The second-order valence-electron chi connectivity index (χ2n) is 7.63. The van der Waals surface area contributed by atoms with Crippen molar-refractivity contribution < 1.29 is 75.6 Å². The van der Waals surface area contributed by atoms with E-state index in [-0.39, 0.29) is 69.5 Å². The Labute approximate surface area is 226 Å². The zero-order valence-electron chi connectivity index (χ0n) is 19.4. The molecule has 0 saturated carbocycles. The molecule has 0 heterocycles. The van der Waals surface area contributed by atoms with Gasteiger partial charge >= 0.3 is 51.4 Å². The van der Waals surface area contributed by atoms with Gasteiger partial charge in [0.05, 0.1) is 25.8 Å². The van der Waals surface area contributed by atoms with Gasteiger partial charge in [0.15, 0.2) is 5.78 Å². The Balaban J connectivity index is 0. The summed E-state index contributed by atoms with van der Waals surface area (Å²) in [6.45, 7) is 7.76. The number of carboxylic acid groups (broad SMARTS) is 1. The van der Waals surface area contributed by atoms with Gasteiger partial charge in [0.25, 0.3) is 0 Å². The smallest absolute Gasteiger partial charge is 0.545 e. The molecule has 168 valence electrons. The molecule has 0 aliphatic rings. The monoisotopic (exact) mass is 448 g/mol. The molecule has 0 saturated heterocycles. The molecule has 1 atom stereocenters.